The van der Waals surface area contributed by atoms with E-state index in [1.807, 2.05) is 60.7 Å². The Morgan fingerprint density at radius 2 is 1.68 bits per heavy atom. The molecule has 0 spiro atoms. The van der Waals surface area contributed by atoms with Gasteiger partial charge < -0.3 is 14.2 Å². The Morgan fingerprint density at radius 3 is 2.29 bits per heavy atom. The van der Waals surface area contributed by atoms with Crippen LogP contribution in [0.5, 0.6) is 0 Å². The first-order chi connectivity index (χ1) is 13.8. The number of azide groups is 1. The molecule has 3 atom stereocenters. The van der Waals surface area contributed by atoms with Gasteiger partial charge in [0, 0.05) is 10.5 Å². The molecular formula is C21H21N3O4. The monoisotopic (exact) mass is 379 g/mol. The molecule has 0 aromatic heterocycles. The third kappa shape index (κ3) is 5.20. The Morgan fingerprint density at radius 1 is 1.04 bits per heavy atom. The molecule has 1 aliphatic rings. The average Bonchev–Trinajstić information content (AvgIpc) is 2.75. The van der Waals surface area contributed by atoms with Crippen LogP contribution in [0.1, 0.15) is 11.1 Å². The van der Waals surface area contributed by atoms with Crippen LogP contribution in [0.25, 0.3) is 10.4 Å². The van der Waals surface area contributed by atoms with Crippen molar-refractivity contribution in [1.82, 2.24) is 0 Å². The second kappa shape index (κ2) is 10.3. The topological polar surface area (TPSA) is 93.5 Å². The first kappa shape index (κ1) is 19.6. The molecule has 1 heterocycles. The minimum absolute atomic E-state index is 0.231. The summed E-state index contributed by atoms with van der Waals surface area (Å²) < 4.78 is 17.5. The minimum atomic E-state index is -0.773. The van der Waals surface area contributed by atoms with E-state index in [-0.39, 0.29) is 12.2 Å². The Kier molecular flexibility index (Phi) is 7.21. The molecule has 28 heavy (non-hydrogen) atoms. The number of ether oxygens (including phenoxy) is 3. The van der Waals surface area contributed by atoms with Crippen molar-refractivity contribution >= 4 is 6.29 Å². The summed E-state index contributed by atoms with van der Waals surface area (Å²) in [6.45, 7) is 0.949. The zero-order valence-electron chi connectivity index (χ0n) is 15.3. The molecule has 144 valence electrons. The Hall–Kier alpha value is -3.12. The van der Waals surface area contributed by atoms with E-state index in [0.717, 1.165) is 11.1 Å². The maximum absolute atomic E-state index is 11.4. The predicted octanol–water partition coefficient (Wildman–Crippen LogP) is 3.95. The molecule has 7 nitrogen and oxygen atoms in total. The number of benzene rings is 2. The lowest BCUT2D eigenvalue weighted by Crippen LogP contribution is -2.46. The number of aldehydes is 1. The minimum Gasteiger partial charge on any atom is -0.492 e. The van der Waals surface area contributed by atoms with Crippen molar-refractivity contribution in [2.24, 2.45) is 5.11 Å². The Balaban J connectivity index is 1.70. The largest absolute Gasteiger partial charge is 0.492 e. The zero-order valence-corrected chi connectivity index (χ0v) is 15.3. The van der Waals surface area contributed by atoms with Crippen molar-refractivity contribution in [2.75, 3.05) is 6.61 Å². The molecule has 7 heteroatoms. The molecule has 0 unspecified atom stereocenters. The molecule has 2 aromatic carbocycles. The number of carbonyl (C=O) groups is 1. The van der Waals surface area contributed by atoms with E-state index in [1.54, 1.807) is 0 Å². The van der Waals surface area contributed by atoms with Crippen LogP contribution < -0.4 is 0 Å². The van der Waals surface area contributed by atoms with Gasteiger partial charge in [-0.25, -0.2) is 0 Å². The van der Waals surface area contributed by atoms with Gasteiger partial charge >= 0.3 is 0 Å². The maximum atomic E-state index is 11.4. The fourth-order valence-corrected chi connectivity index (χ4v) is 2.96. The van der Waals surface area contributed by atoms with Crippen molar-refractivity contribution in [2.45, 2.75) is 31.5 Å². The van der Waals surface area contributed by atoms with Crippen molar-refractivity contribution in [3.63, 3.8) is 0 Å². The Bertz CT molecular complexity index is 835. The molecular weight excluding hydrogens is 358 g/mol. The fourth-order valence-electron chi connectivity index (χ4n) is 2.96. The third-order valence-electron chi connectivity index (χ3n) is 4.39. The number of nitrogens with zero attached hydrogens (tertiary/aromatic N) is 3. The van der Waals surface area contributed by atoms with Gasteiger partial charge in [-0.3, -0.25) is 4.79 Å². The number of carbonyl (C=O) groups excluding carboxylic acids is 1. The number of rotatable bonds is 9. The van der Waals surface area contributed by atoms with Gasteiger partial charge in [0.25, 0.3) is 0 Å². The van der Waals surface area contributed by atoms with E-state index < -0.39 is 18.2 Å². The van der Waals surface area contributed by atoms with Crippen LogP contribution in [-0.2, 0) is 32.2 Å². The normalized spacial score (nSPS) is 21.1. The van der Waals surface area contributed by atoms with Crippen LogP contribution in [0, 0.1) is 0 Å². The maximum Gasteiger partial charge on any atom is 0.149 e. The molecule has 0 N–H and O–H groups in total. The first-order valence-electron chi connectivity index (χ1n) is 8.94. The lowest BCUT2D eigenvalue weighted by molar-refractivity contribution is -0.113. The molecule has 2 aromatic rings. The molecule has 1 aliphatic heterocycles. The van der Waals surface area contributed by atoms with Gasteiger partial charge in [-0.15, -0.1) is 0 Å². The van der Waals surface area contributed by atoms with E-state index >= 15 is 0 Å². The number of hydrogen-bond donors (Lipinski definition) is 0. The summed E-state index contributed by atoms with van der Waals surface area (Å²) in [6.07, 6.45) is 0.800. The molecule has 0 saturated carbocycles. The standard InChI is InChI=1S/C21H21N3O4/c22-24-23-20-18(11-25)14-27-19(15-26-12-16-7-3-1-4-8-16)21(20)28-13-17-9-5-2-6-10-17/h1-11,14,19-21H,12-13,15H2/t19-,20+,21-/m1/s1. The van der Waals surface area contributed by atoms with Crippen molar-refractivity contribution in [3.8, 4) is 0 Å². The van der Waals surface area contributed by atoms with Gasteiger partial charge in [0.05, 0.1) is 32.1 Å². The van der Waals surface area contributed by atoms with Gasteiger partial charge in [0.15, 0.2) is 0 Å². The van der Waals surface area contributed by atoms with E-state index in [4.69, 9.17) is 19.7 Å². The highest BCUT2D eigenvalue weighted by Crippen LogP contribution is 2.25. The van der Waals surface area contributed by atoms with Gasteiger partial charge in [-0.2, -0.15) is 0 Å². The third-order valence-corrected chi connectivity index (χ3v) is 4.39. The summed E-state index contributed by atoms with van der Waals surface area (Å²) in [5.41, 5.74) is 11.2. The smallest absolute Gasteiger partial charge is 0.149 e. The SMILES string of the molecule is [N-]=[N+]=N[C@H]1C(C=O)=CO[C@H](COCc2ccccc2)[C@H]1OCc1ccccc1. The fraction of sp³-hybridized carbons (Fsp3) is 0.286. The van der Waals surface area contributed by atoms with Crippen LogP contribution in [-0.4, -0.2) is 31.1 Å². The van der Waals surface area contributed by atoms with E-state index in [1.165, 1.54) is 6.26 Å². The summed E-state index contributed by atoms with van der Waals surface area (Å²) in [5.74, 6) is 0. The van der Waals surface area contributed by atoms with E-state index in [0.29, 0.717) is 19.5 Å². The molecule has 0 saturated heterocycles. The predicted molar refractivity (Wildman–Crippen MR) is 103 cm³/mol. The second-order valence-electron chi connectivity index (χ2n) is 6.32. The summed E-state index contributed by atoms with van der Waals surface area (Å²) in [7, 11) is 0. The van der Waals surface area contributed by atoms with Gasteiger partial charge in [-0.05, 0) is 16.7 Å². The van der Waals surface area contributed by atoms with Crippen LogP contribution in [0.4, 0.5) is 0 Å². The van der Waals surface area contributed by atoms with Gasteiger partial charge in [-0.1, -0.05) is 65.8 Å². The van der Waals surface area contributed by atoms with Gasteiger partial charge in [0.1, 0.15) is 18.5 Å². The lowest BCUT2D eigenvalue weighted by atomic mass is 9.97. The molecule has 3 rings (SSSR count). The van der Waals surface area contributed by atoms with Crippen molar-refractivity contribution < 1.29 is 19.0 Å². The summed E-state index contributed by atoms with van der Waals surface area (Å²) >= 11 is 0. The molecule has 0 bridgehead atoms. The summed E-state index contributed by atoms with van der Waals surface area (Å²) in [4.78, 5) is 14.2. The lowest BCUT2D eigenvalue weighted by Gasteiger charge is -2.34. The van der Waals surface area contributed by atoms with Crippen LogP contribution in [0.15, 0.2) is 77.6 Å². The van der Waals surface area contributed by atoms with Crippen molar-refractivity contribution in [3.05, 3.63) is 94.1 Å². The van der Waals surface area contributed by atoms with E-state index in [2.05, 4.69) is 10.0 Å². The molecule has 0 aliphatic carbocycles. The highest BCUT2D eigenvalue weighted by molar-refractivity contribution is 5.75. The highest BCUT2D eigenvalue weighted by atomic mass is 16.6. The van der Waals surface area contributed by atoms with Crippen LogP contribution >= 0.6 is 0 Å². The molecule has 0 radical (unpaired) electrons. The van der Waals surface area contributed by atoms with Crippen molar-refractivity contribution in [1.29, 1.82) is 0 Å². The van der Waals surface area contributed by atoms with Crippen LogP contribution in [0.2, 0.25) is 0 Å². The number of hydrogen-bond acceptors (Lipinski definition) is 5. The molecule has 0 amide bonds. The van der Waals surface area contributed by atoms with Crippen LogP contribution in [0.3, 0.4) is 0 Å². The molecule has 0 fully saturated rings. The Labute approximate surface area is 163 Å². The second-order valence-corrected chi connectivity index (χ2v) is 6.32. The van der Waals surface area contributed by atoms with E-state index in [9.17, 15) is 4.79 Å². The highest BCUT2D eigenvalue weighted by Gasteiger charge is 2.37. The average molecular weight is 379 g/mol. The summed E-state index contributed by atoms with van der Waals surface area (Å²) in [5, 5.41) is 3.77. The first-order valence-corrected chi connectivity index (χ1v) is 8.94. The zero-order chi connectivity index (χ0) is 19.6. The quantitative estimate of drug-likeness (QED) is 0.285. The van der Waals surface area contributed by atoms with Gasteiger partial charge in [0.2, 0.25) is 0 Å². The summed E-state index contributed by atoms with van der Waals surface area (Å²) in [6, 6.07) is 18.6.